The van der Waals surface area contributed by atoms with Crippen LogP contribution in [0.2, 0.25) is 0 Å². The van der Waals surface area contributed by atoms with Gasteiger partial charge < -0.3 is 5.73 Å². The van der Waals surface area contributed by atoms with E-state index in [4.69, 9.17) is 5.73 Å². The molecule has 0 saturated carbocycles. The van der Waals surface area contributed by atoms with Crippen LogP contribution < -0.4 is 5.73 Å². The third kappa shape index (κ3) is 1.62. The molecule has 5 heteroatoms. The molecule has 0 spiro atoms. The Balaban J connectivity index is 2.39. The van der Waals surface area contributed by atoms with E-state index >= 15 is 0 Å². The Bertz CT molecular complexity index is 434. The molecule has 72 valence electrons. The van der Waals surface area contributed by atoms with E-state index < -0.39 is 0 Å². The van der Waals surface area contributed by atoms with Gasteiger partial charge in [-0.15, -0.1) is 0 Å². The van der Waals surface area contributed by atoms with Crippen molar-refractivity contribution in [2.45, 2.75) is 13.5 Å². The Labute approximate surface area is 81.4 Å². The number of hydrogen-bond acceptors (Lipinski definition) is 4. The molecular weight excluding hydrogens is 178 g/mol. The van der Waals surface area contributed by atoms with Crippen molar-refractivity contribution in [1.82, 2.24) is 20.2 Å². The van der Waals surface area contributed by atoms with E-state index in [1.54, 1.807) is 0 Å². The molecule has 5 nitrogen and oxygen atoms in total. The van der Waals surface area contributed by atoms with Gasteiger partial charge in [-0.05, 0) is 19.1 Å². The fourth-order valence-electron chi connectivity index (χ4n) is 1.19. The van der Waals surface area contributed by atoms with Gasteiger partial charge >= 0.3 is 0 Å². The van der Waals surface area contributed by atoms with Crippen LogP contribution in [0.1, 0.15) is 11.4 Å². The summed E-state index contributed by atoms with van der Waals surface area (Å²) in [5.74, 6) is 0. The van der Waals surface area contributed by atoms with Crippen molar-refractivity contribution in [3.05, 3.63) is 29.8 Å². The molecule has 0 aromatic carbocycles. The predicted octanol–water partition coefficient (Wildman–Crippen LogP) is 0.634. The van der Waals surface area contributed by atoms with Crippen LogP contribution in [-0.2, 0) is 6.54 Å². The van der Waals surface area contributed by atoms with Gasteiger partial charge in [0.1, 0.15) is 12.0 Å². The molecule has 3 N–H and O–H groups in total. The second-order valence-electron chi connectivity index (χ2n) is 3.03. The number of hydrogen-bond donors (Lipinski definition) is 2. The van der Waals surface area contributed by atoms with Crippen LogP contribution in [0.5, 0.6) is 0 Å². The fraction of sp³-hybridized carbons (Fsp3) is 0.222. The number of nitrogens with one attached hydrogen (secondary N) is 1. The molecule has 0 aliphatic carbocycles. The van der Waals surface area contributed by atoms with Gasteiger partial charge in [-0.2, -0.15) is 5.10 Å². The second-order valence-corrected chi connectivity index (χ2v) is 3.03. The zero-order valence-corrected chi connectivity index (χ0v) is 7.86. The third-order valence-corrected chi connectivity index (χ3v) is 1.92. The van der Waals surface area contributed by atoms with E-state index in [0.29, 0.717) is 6.54 Å². The normalized spacial score (nSPS) is 10.4. The molecule has 0 saturated heterocycles. The fourth-order valence-corrected chi connectivity index (χ4v) is 1.19. The predicted molar refractivity (Wildman–Crippen MR) is 52.2 cm³/mol. The number of rotatable bonds is 2. The summed E-state index contributed by atoms with van der Waals surface area (Å²) in [4.78, 5) is 8.14. The van der Waals surface area contributed by atoms with Crippen molar-refractivity contribution in [3.63, 3.8) is 0 Å². The Kier molecular flexibility index (Phi) is 2.24. The zero-order valence-electron chi connectivity index (χ0n) is 7.86. The molecule has 0 aliphatic rings. The number of aryl methyl sites for hydroxylation is 1. The standard InChI is InChI=1S/C9H11N5/c1-6-2-8(12-5-11-6)9-3-7(4-10)13-14-9/h2-3,5H,4,10H2,1H3,(H,13,14). The van der Waals surface area contributed by atoms with Gasteiger partial charge in [0.15, 0.2) is 0 Å². The summed E-state index contributed by atoms with van der Waals surface area (Å²) in [7, 11) is 0. The summed E-state index contributed by atoms with van der Waals surface area (Å²) in [5.41, 5.74) is 8.91. The number of aromatic amines is 1. The van der Waals surface area contributed by atoms with E-state index in [0.717, 1.165) is 22.8 Å². The molecule has 2 rings (SSSR count). The molecule has 2 aromatic rings. The van der Waals surface area contributed by atoms with Crippen molar-refractivity contribution in [3.8, 4) is 11.4 Å². The van der Waals surface area contributed by atoms with Crippen molar-refractivity contribution < 1.29 is 0 Å². The highest BCUT2D eigenvalue weighted by atomic mass is 15.1. The number of nitrogens with two attached hydrogens (primary N) is 1. The molecule has 0 aliphatic heterocycles. The first-order chi connectivity index (χ1) is 6.79. The average molecular weight is 189 g/mol. The first-order valence-corrected chi connectivity index (χ1v) is 4.33. The summed E-state index contributed by atoms with van der Waals surface area (Å²) in [5, 5.41) is 6.94. The van der Waals surface area contributed by atoms with Crippen LogP contribution >= 0.6 is 0 Å². The number of nitrogens with zero attached hydrogens (tertiary/aromatic N) is 3. The summed E-state index contributed by atoms with van der Waals surface area (Å²) in [6.07, 6.45) is 1.53. The largest absolute Gasteiger partial charge is 0.325 e. The lowest BCUT2D eigenvalue weighted by Crippen LogP contribution is -1.95. The van der Waals surface area contributed by atoms with Gasteiger partial charge in [0.25, 0.3) is 0 Å². The highest BCUT2D eigenvalue weighted by molar-refractivity contribution is 5.54. The van der Waals surface area contributed by atoms with Crippen LogP contribution in [0, 0.1) is 6.92 Å². The minimum Gasteiger partial charge on any atom is -0.325 e. The van der Waals surface area contributed by atoms with Gasteiger partial charge in [0.05, 0.1) is 5.69 Å². The van der Waals surface area contributed by atoms with Gasteiger partial charge in [-0.3, -0.25) is 5.10 Å². The molecular formula is C9H11N5. The maximum Gasteiger partial charge on any atom is 0.116 e. The second kappa shape index (κ2) is 3.55. The Hall–Kier alpha value is -1.75. The van der Waals surface area contributed by atoms with E-state index in [1.165, 1.54) is 6.33 Å². The highest BCUT2D eigenvalue weighted by Gasteiger charge is 2.04. The Morgan fingerprint density at radius 3 is 2.79 bits per heavy atom. The lowest BCUT2D eigenvalue weighted by atomic mass is 10.2. The van der Waals surface area contributed by atoms with Crippen LogP contribution in [0.3, 0.4) is 0 Å². The lowest BCUT2D eigenvalue weighted by Gasteiger charge is -1.94. The third-order valence-electron chi connectivity index (χ3n) is 1.92. The summed E-state index contributed by atoms with van der Waals surface area (Å²) < 4.78 is 0. The molecule has 0 radical (unpaired) electrons. The maximum absolute atomic E-state index is 5.47. The number of aromatic nitrogens is 4. The van der Waals surface area contributed by atoms with Crippen molar-refractivity contribution in [2.75, 3.05) is 0 Å². The summed E-state index contributed by atoms with van der Waals surface area (Å²) in [6, 6.07) is 3.78. The monoisotopic (exact) mass is 189 g/mol. The van der Waals surface area contributed by atoms with E-state index in [1.807, 2.05) is 19.1 Å². The van der Waals surface area contributed by atoms with Gasteiger partial charge in [-0.25, -0.2) is 9.97 Å². The minimum atomic E-state index is 0.455. The zero-order chi connectivity index (χ0) is 9.97. The minimum absolute atomic E-state index is 0.455. The molecule has 2 heterocycles. The molecule has 0 unspecified atom stereocenters. The molecule has 2 aromatic heterocycles. The van der Waals surface area contributed by atoms with E-state index in [9.17, 15) is 0 Å². The SMILES string of the molecule is Cc1cc(-c2cc(CN)[nH]n2)ncn1. The van der Waals surface area contributed by atoms with Gasteiger partial charge in [0, 0.05) is 17.9 Å². The molecule has 14 heavy (non-hydrogen) atoms. The number of H-pyrrole nitrogens is 1. The van der Waals surface area contributed by atoms with E-state index in [-0.39, 0.29) is 0 Å². The molecule has 0 amide bonds. The Morgan fingerprint density at radius 2 is 2.14 bits per heavy atom. The summed E-state index contributed by atoms with van der Waals surface area (Å²) >= 11 is 0. The lowest BCUT2D eigenvalue weighted by molar-refractivity contribution is 0.947. The molecule has 0 atom stereocenters. The van der Waals surface area contributed by atoms with Crippen LogP contribution in [0.4, 0.5) is 0 Å². The van der Waals surface area contributed by atoms with E-state index in [2.05, 4.69) is 20.2 Å². The first kappa shape index (κ1) is 8.83. The van der Waals surface area contributed by atoms with Crippen molar-refractivity contribution >= 4 is 0 Å². The quantitative estimate of drug-likeness (QED) is 0.726. The van der Waals surface area contributed by atoms with Crippen LogP contribution in [-0.4, -0.2) is 20.2 Å². The average Bonchev–Trinajstić information content (AvgIpc) is 2.66. The van der Waals surface area contributed by atoms with Crippen LogP contribution in [0.15, 0.2) is 18.5 Å². The summed E-state index contributed by atoms with van der Waals surface area (Å²) in [6.45, 7) is 2.37. The first-order valence-electron chi connectivity index (χ1n) is 4.33. The maximum atomic E-state index is 5.47. The molecule has 0 bridgehead atoms. The topological polar surface area (TPSA) is 80.5 Å². The van der Waals surface area contributed by atoms with Gasteiger partial charge in [-0.1, -0.05) is 0 Å². The van der Waals surface area contributed by atoms with Crippen LogP contribution in [0.25, 0.3) is 11.4 Å². The highest BCUT2D eigenvalue weighted by Crippen LogP contribution is 2.14. The van der Waals surface area contributed by atoms with Crippen molar-refractivity contribution in [2.24, 2.45) is 5.73 Å². The van der Waals surface area contributed by atoms with Gasteiger partial charge in [0.2, 0.25) is 0 Å². The molecule has 0 fully saturated rings. The smallest absolute Gasteiger partial charge is 0.116 e. The van der Waals surface area contributed by atoms with Crippen molar-refractivity contribution in [1.29, 1.82) is 0 Å². The Morgan fingerprint density at radius 1 is 1.29 bits per heavy atom.